The maximum atomic E-state index is 14.4. The van der Waals surface area contributed by atoms with Crippen LogP contribution in [0.25, 0.3) is 10.1 Å². The first-order valence-corrected chi connectivity index (χ1v) is 8.67. The van der Waals surface area contributed by atoms with E-state index in [4.69, 9.17) is 9.47 Å². The second-order valence-electron chi connectivity index (χ2n) is 5.37. The molecule has 6 heteroatoms. The molecule has 0 aliphatic heterocycles. The summed E-state index contributed by atoms with van der Waals surface area (Å²) in [5.41, 5.74) is 0.567. The van der Waals surface area contributed by atoms with Crippen LogP contribution in [0.5, 0.6) is 5.75 Å². The largest absolute Gasteiger partial charge is 0.489 e. The zero-order chi connectivity index (χ0) is 17.6. The number of methoxy groups -OCH3 is 1. The van der Waals surface area contributed by atoms with Crippen LogP contribution >= 0.6 is 11.3 Å². The molecule has 1 aromatic heterocycles. The van der Waals surface area contributed by atoms with Gasteiger partial charge in [-0.3, -0.25) is 4.79 Å². The van der Waals surface area contributed by atoms with Gasteiger partial charge >= 0.3 is 0 Å². The molecule has 0 spiro atoms. The first kappa shape index (κ1) is 17.4. The maximum Gasteiger partial charge on any atom is 0.261 e. The molecule has 3 rings (SSSR count). The van der Waals surface area contributed by atoms with E-state index in [0.717, 1.165) is 4.70 Å². The normalized spacial score (nSPS) is 10.8. The second kappa shape index (κ2) is 8.09. The monoisotopic (exact) mass is 359 g/mol. The van der Waals surface area contributed by atoms with Crippen LogP contribution in [0, 0.1) is 5.82 Å². The Bertz CT molecular complexity index is 864. The lowest BCUT2D eigenvalue weighted by Crippen LogP contribution is -2.27. The van der Waals surface area contributed by atoms with E-state index in [2.05, 4.69) is 5.32 Å². The fourth-order valence-corrected chi connectivity index (χ4v) is 3.65. The predicted octanol–water partition coefficient (Wildman–Crippen LogP) is 4.00. The SMILES string of the molecule is COCCNC(=O)c1sc2cccc(F)c2c1COc1ccccc1. The van der Waals surface area contributed by atoms with Gasteiger partial charge in [-0.15, -0.1) is 11.3 Å². The van der Waals surface area contributed by atoms with E-state index in [-0.39, 0.29) is 18.3 Å². The van der Waals surface area contributed by atoms with Gasteiger partial charge in [0, 0.05) is 29.3 Å². The van der Waals surface area contributed by atoms with Crippen molar-refractivity contribution in [2.75, 3.05) is 20.3 Å². The van der Waals surface area contributed by atoms with Crippen molar-refractivity contribution in [1.82, 2.24) is 5.32 Å². The molecule has 1 N–H and O–H groups in total. The molecule has 4 nitrogen and oxygen atoms in total. The maximum absolute atomic E-state index is 14.4. The van der Waals surface area contributed by atoms with Crippen molar-refractivity contribution in [3.05, 3.63) is 64.8 Å². The molecule has 0 bridgehead atoms. The highest BCUT2D eigenvalue weighted by atomic mass is 32.1. The summed E-state index contributed by atoms with van der Waals surface area (Å²) in [6.07, 6.45) is 0. The molecule has 0 atom stereocenters. The number of fused-ring (bicyclic) bond motifs is 1. The van der Waals surface area contributed by atoms with E-state index in [1.807, 2.05) is 30.3 Å². The van der Waals surface area contributed by atoms with Gasteiger partial charge in [-0.2, -0.15) is 0 Å². The summed E-state index contributed by atoms with van der Waals surface area (Å²) in [6, 6.07) is 14.1. The van der Waals surface area contributed by atoms with Crippen molar-refractivity contribution in [2.45, 2.75) is 6.61 Å². The molecule has 25 heavy (non-hydrogen) atoms. The molecular formula is C19H18FNO3S. The van der Waals surface area contributed by atoms with Gasteiger partial charge in [-0.1, -0.05) is 24.3 Å². The minimum atomic E-state index is -0.351. The average Bonchev–Trinajstić information content (AvgIpc) is 3.01. The first-order valence-electron chi connectivity index (χ1n) is 7.85. The zero-order valence-corrected chi connectivity index (χ0v) is 14.6. The van der Waals surface area contributed by atoms with E-state index in [0.29, 0.717) is 34.7 Å². The molecule has 3 aromatic rings. The topological polar surface area (TPSA) is 47.6 Å². The summed E-state index contributed by atoms with van der Waals surface area (Å²) in [4.78, 5) is 13.0. The summed E-state index contributed by atoms with van der Waals surface area (Å²) in [7, 11) is 1.57. The number of thiophene rings is 1. The lowest BCUT2D eigenvalue weighted by molar-refractivity contribution is 0.0939. The number of para-hydroxylation sites is 1. The molecule has 0 radical (unpaired) electrons. The van der Waals surface area contributed by atoms with Gasteiger partial charge < -0.3 is 14.8 Å². The van der Waals surface area contributed by atoms with Crippen molar-refractivity contribution < 1.29 is 18.7 Å². The summed E-state index contributed by atoms with van der Waals surface area (Å²) >= 11 is 1.27. The first-order chi connectivity index (χ1) is 12.2. The number of carbonyl (C=O) groups is 1. The molecule has 2 aromatic carbocycles. The second-order valence-corrected chi connectivity index (χ2v) is 6.43. The summed E-state index contributed by atoms with van der Waals surface area (Å²) < 4.78 is 25.8. The number of hydrogen-bond acceptors (Lipinski definition) is 4. The van der Waals surface area contributed by atoms with Crippen molar-refractivity contribution in [1.29, 1.82) is 0 Å². The van der Waals surface area contributed by atoms with E-state index >= 15 is 0 Å². The van der Waals surface area contributed by atoms with Crippen LogP contribution in [-0.2, 0) is 11.3 Å². The van der Waals surface area contributed by atoms with Gasteiger partial charge in [0.05, 0.1) is 11.5 Å². The lowest BCUT2D eigenvalue weighted by Gasteiger charge is -2.09. The molecular weight excluding hydrogens is 341 g/mol. The van der Waals surface area contributed by atoms with Gasteiger partial charge in [0.2, 0.25) is 0 Å². The van der Waals surface area contributed by atoms with Gasteiger partial charge in [0.1, 0.15) is 18.2 Å². The van der Waals surface area contributed by atoms with Crippen molar-refractivity contribution in [3.63, 3.8) is 0 Å². The highest BCUT2D eigenvalue weighted by molar-refractivity contribution is 7.21. The highest BCUT2D eigenvalue weighted by Crippen LogP contribution is 2.34. The smallest absolute Gasteiger partial charge is 0.261 e. The number of carbonyl (C=O) groups excluding carboxylic acids is 1. The quantitative estimate of drug-likeness (QED) is 0.649. The molecule has 1 heterocycles. The van der Waals surface area contributed by atoms with Crippen LogP contribution in [-0.4, -0.2) is 26.2 Å². The highest BCUT2D eigenvalue weighted by Gasteiger charge is 2.21. The zero-order valence-electron chi connectivity index (χ0n) is 13.8. The minimum absolute atomic E-state index is 0.123. The van der Waals surface area contributed by atoms with Crippen LogP contribution in [0.3, 0.4) is 0 Å². The summed E-state index contributed by atoms with van der Waals surface area (Å²) in [6.45, 7) is 0.934. The van der Waals surface area contributed by atoms with Crippen LogP contribution in [0.2, 0.25) is 0 Å². The number of rotatable bonds is 7. The van der Waals surface area contributed by atoms with Gasteiger partial charge in [0.25, 0.3) is 5.91 Å². The summed E-state index contributed by atoms with van der Waals surface area (Å²) in [5, 5.41) is 3.23. The lowest BCUT2D eigenvalue weighted by atomic mass is 10.1. The van der Waals surface area contributed by atoms with Gasteiger partial charge in [0.15, 0.2) is 0 Å². The molecule has 0 aliphatic rings. The molecule has 0 fully saturated rings. The Morgan fingerprint density at radius 1 is 1.16 bits per heavy atom. The van der Waals surface area contributed by atoms with E-state index in [9.17, 15) is 9.18 Å². The third-order valence-corrected chi connectivity index (χ3v) is 4.88. The van der Waals surface area contributed by atoms with Crippen LogP contribution in [0.1, 0.15) is 15.2 Å². The number of nitrogens with one attached hydrogen (secondary N) is 1. The van der Waals surface area contributed by atoms with E-state index < -0.39 is 0 Å². The molecule has 0 saturated carbocycles. The Balaban J connectivity index is 1.92. The van der Waals surface area contributed by atoms with Crippen molar-refractivity contribution >= 4 is 27.3 Å². The van der Waals surface area contributed by atoms with Crippen molar-refractivity contribution in [3.8, 4) is 5.75 Å². The molecule has 0 saturated heterocycles. The molecule has 130 valence electrons. The van der Waals surface area contributed by atoms with Crippen molar-refractivity contribution in [2.24, 2.45) is 0 Å². The Hall–Kier alpha value is -2.44. The molecule has 1 amide bonds. The van der Waals surface area contributed by atoms with Crippen LogP contribution in [0.4, 0.5) is 4.39 Å². The fraction of sp³-hybridized carbons (Fsp3) is 0.211. The fourth-order valence-electron chi connectivity index (χ4n) is 2.51. The van der Waals surface area contributed by atoms with E-state index in [1.54, 1.807) is 19.2 Å². The number of amides is 1. The number of halogens is 1. The number of ether oxygens (including phenoxy) is 2. The van der Waals surface area contributed by atoms with Gasteiger partial charge in [-0.05, 0) is 24.3 Å². The Kier molecular flexibility index (Phi) is 5.63. The Morgan fingerprint density at radius 3 is 2.72 bits per heavy atom. The standard InChI is InChI=1S/C19H18FNO3S/c1-23-11-10-21-19(22)18-14(12-24-13-6-3-2-4-7-13)17-15(20)8-5-9-16(17)25-18/h2-9H,10-12H2,1H3,(H,21,22). The number of benzene rings is 2. The third-order valence-electron chi connectivity index (χ3n) is 3.69. The Morgan fingerprint density at radius 2 is 1.96 bits per heavy atom. The Labute approximate surface area is 149 Å². The summed E-state index contributed by atoms with van der Waals surface area (Å²) in [5.74, 6) is 0.0737. The third kappa shape index (κ3) is 3.97. The molecule has 0 unspecified atom stereocenters. The predicted molar refractivity (Wildman–Crippen MR) is 96.8 cm³/mol. The minimum Gasteiger partial charge on any atom is -0.489 e. The average molecular weight is 359 g/mol. The van der Waals surface area contributed by atoms with Crippen LogP contribution in [0.15, 0.2) is 48.5 Å². The van der Waals surface area contributed by atoms with Gasteiger partial charge in [-0.25, -0.2) is 4.39 Å². The molecule has 0 aliphatic carbocycles. The number of hydrogen-bond donors (Lipinski definition) is 1. The van der Waals surface area contributed by atoms with E-state index in [1.165, 1.54) is 17.4 Å². The van der Waals surface area contributed by atoms with Crippen LogP contribution < -0.4 is 10.1 Å².